The van der Waals surface area contributed by atoms with E-state index in [4.69, 9.17) is 4.74 Å². The van der Waals surface area contributed by atoms with Gasteiger partial charge in [0.05, 0.1) is 30.3 Å². The van der Waals surface area contributed by atoms with Crippen LogP contribution < -0.4 is 0 Å². The molecule has 0 spiro atoms. The quantitative estimate of drug-likeness (QED) is 0.365. The molecule has 1 aliphatic heterocycles. The first-order valence-electron chi connectivity index (χ1n) is 13.9. The van der Waals surface area contributed by atoms with Gasteiger partial charge in [0, 0.05) is 49.6 Å². The highest BCUT2D eigenvalue weighted by atomic mass is 32.2. The minimum absolute atomic E-state index is 0.103. The van der Waals surface area contributed by atoms with Crippen molar-refractivity contribution in [2.75, 3.05) is 26.7 Å². The van der Waals surface area contributed by atoms with Gasteiger partial charge in [-0.25, -0.2) is 8.42 Å². The lowest BCUT2D eigenvalue weighted by atomic mass is 9.96. The van der Waals surface area contributed by atoms with Gasteiger partial charge in [-0.1, -0.05) is 67.6 Å². The third-order valence-electron chi connectivity index (χ3n) is 8.11. The first kappa shape index (κ1) is 29.0. The Morgan fingerprint density at radius 3 is 2.41 bits per heavy atom. The number of hydrogen-bond donors (Lipinski definition) is 1. The molecular weight excluding hydrogens is 538 g/mol. The molecule has 5 rings (SSSR count). The molecule has 0 saturated heterocycles. The summed E-state index contributed by atoms with van der Waals surface area (Å²) in [4.78, 5) is 16.3. The normalized spacial score (nSPS) is 19.1. The number of ether oxygens (including phenoxy) is 1. The monoisotopic (exact) mass is 575 g/mol. The lowest BCUT2D eigenvalue weighted by molar-refractivity contribution is -0.0147. The Balaban J connectivity index is 1.61. The van der Waals surface area contributed by atoms with E-state index in [2.05, 4.69) is 0 Å². The van der Waals surface area contributed by atoms with Crippen molar-refractivity contribution in [3.05, 3.63) is 90.1 Å². The molecule has 3 atom stereocenters. The zero-order valence-corrected chi connectivity index (χ0v) is 24.7. The maximum Gasteiger partial charge on any atom is 0.271 e. The Labute approximate surface area is 241 Å². The van der Waals surface area contributed by atoms with Crippen LogP contribution in [0.4, 0.5) is 0 Å². The molecule has 1 aromatic heterocycles. The van der Waals surface area contributed by atoms with Gasteiger partial charge in [0.25, 0.3) is 5.91 Å². The average molecular weight is 576 g/mol. The summed E-state index contributed by atoms with van der Waals surface area (Å²) >= 11 is 0. The van der Waals surface area contributed by atoms with Crippen LogP contribution in [-0.4, -0.2) is 72.1 Å². The summed E-state index contributed by atoms with van der Waals surface area (Å²) in [5.74, 6) is -0.433. The SMILES string of the molecule is C[C@H](CO)N1C[C@H](C)[C@H](CN(C)S(=O)(=O)c2ccccc2)OCc2ccccc2-c2c(n(C)c3ccccc23)C1=O. The molecule has 0 unspecified atom stereocenters. The second kappa shape index (κ2) is 11.8. The Kier molecular flexibility index (Phi) is 8.33. The topological polar surface area (TPSA) is 92.1 Å². The van der Waals surface area contributed by atoms with Crippen LogP contribution in [0, 0.1) is 5.92 Å². The Bertz CT molecular complexity index is 1650. The number of likely N-dealkylation sites (N-methyl/N-ethyl adjacent to an activating group) is 1. The van der Waals surface area contributed by atoms with Crippen molar-refractivity contribution in [2.45, 2.75) is 37.5 Å². The van der Waals surface area contributed by atoms with E-state index in [1.54, 1.807) is 42.3 Å². The van der Waals surface area contributed by atoms with E-state index in [9.17, 15) is 18.3 Å². The molecule has 8 nitrogen and oxygen atoms in total. The van der Waals surface area contributed by atoms with E-state index in [1.807, 2.05) is 74.0 Å². The Hall–Kier alpha value is -3.50. The molecule has 1 amide bonds. The number of rotatable bonds is 6. The van der Waals surface area contributed by atoms with Crippen molar-refractivity contribution in [1.82, 2.24) is 13.8 Å². The van der Waals surface area contributed by atoms with Gasteiger partial charge in [-0.15, -0.1) is 0 Å². The minimum Gasteiger partial charge on any atom is -0.394 e. The predicted octanol–water partition coefficient (Wildman–Crippen LogP) is 4.52. The van der Waals surface area contributed by atoms with Gasteiger partial charge < -0.3 is 19.3 Å². The number of carbonyl (C=O) groups is 1. The number of aliphatic hydroxyl groups excluding tert-OH is 1. The number of nitrogens with zero attached hydrogens (tertiary/aromatic N) is 3. The summed E-state index contributed by atoms with van der Waals surface area (Å²) in [5.41, 5.74) is 4.12. The standard InChI is InChI=1S/C32H37N3O5S/c1-22-18-35(23(2)20-36)32(37)31-30(27-16-10-11-17-28(27)34(31)4)26-15-9-8-12-24(26)21-40-29(22)19-33(3)41(38,39)25-13-6-5-7-14-25/h5-17,22-23,29,36H,18-21H2,1-4H3/t22-,23+,29-/m0/s1. The molecule has 0 fully saturated rings. The van der Waals surface area contributed by atoms with Gasteiger partial charge in [0.15, 0.2) is 0 Å². The smallest absolute Gasteiger partial charge is 0.271 e. The molecule has 41 heavy (non-hydrogen) atoms. The molecule has 4 aromatic rings. The lowest BCUT2D eigenvalue weighted by Gasteiger charge is -2.35. The highest BCUT2D eigenvalue weighted by molar-refractivity contribution is 7.89. The molecule has 3 aromatic carbocycles. The predicted molar refractivity (Wildman–Crippen MR) is 160 cm³/mol. The lowest BCUT2D eigenvalue weighted by Crippen LogP contribution is -2.48. The van der Waals surface area contributed by atoms with Crippen LogP contribution in [0.3, 0.4) is 0 Å². The highest BCUT2D eigenvalue weighted by Gasteiger charge is 2.34. The number of aryl methyl sites for hydroxylation is 1. The fourth-order valence-electron chi connectivity index (χ4n) is 5.65. The number of carbonyl (C=O) groups excluding carboxylic acids is 1. The maximum atomic E-state index is 14.4. The Morgan fingerprint density at radius 2 is 1.68 bits per heavy atom. The third-order valence-corrected chi connectivity index (χ3v) is 9.95. The molecular formula is C32H37N3O5S. The van der Waals surface area contributed by atoms with E-state index in [0.29, 0.717) is 5.69 Å². The van der Waals surface area contributed by atoms with Crippen LogP contribution in [-0.2, 0) is 28.4 Å². The minimum atomic E-state index is -3.75. The zero-order chi connectivity index (χ0) is 29.3. The molecule has 1 aliphatic rings. The zero-order valence-electron chi connectivity index (χ0n) is 23.9. The summed E-state index contributed by atoms with van der Waals surface area (Å²) in [6.07, 6.45) is -0.523. The number of hydrogen-bond acceptors (Lipinski definition) is 5. The summed E-state index contributed by atoms with van der Waals surface area (Å²) < 4.78 is 36.5. The van der Waals surface area contributed by atoms with Crippen molar-refractivity contribution < 1.29 is 23.1 Å². The van der Waals surface area contributed by atoms with Crippen molar-refractivity contribution in [2.24, 2.45) is 13.0 Å². The first-order valence-corrected chi connectivity index (χ1v) is 15.3. The van der Waals surface area contributed by atoms with Crippen LogP contribution in [0.15, 0.2) is 83.8 Å². The number of aliphatic hydroxyl groups is 1. The van der Waals surface area contributed by atoms with Crippen molar-refractivity contribution in [3.8, 4) is 11.1 Å². The summed E-state index contributed by atoms with van der Waals surface area (Å²) in [6.45, 7) is 4.21. The van der Waals surface area contributed by atoms with Crippen molar-refractivity contribution >= 4 is 26.8 Å². The summed E-state index contributed by atoms with van der Waals surface area (Å²) in [7, 11) is -0.295. The van der Waals surface area contributed by atoms with Crippen LogP contribution >= 0.6 is 0 Å². The fourth-order valence-corrected chi connectivity index (χ4v) is 6.85. The Morgan fingerprint density at radius 1 is 1.02 bits per heavy atom. The molecule has 0 bridgehead atoms. The summed E-state index contributed by atoms with van der Waals surface area (Å²) in [6, 6.07) is 23.7. The van der Waals surface area contributed by atoms with Crippen LogP contribution in [0.1, 0.15) is 29.9 Å². The van der Waals surface area contributed by atoms with Gasteiger partial charge in [-0.05, 0) is 36.2 Å². The molecule has 1 N–H and O–H groups in total. The average Bonchev–Trinajstić information content (AvgIpc) is 3.28. The van der Waals surface area contributed by atoms with E-state index in [-0.39, 0.29) is 43.0 Å². The molecule has 0 aliphatic carbocycles. The van der Waals surface area contributed by atoms with Crippen molar-refractivity contribution in [3.63, 3.8) is 0 Å². The fraction of sp³-hybridized carbons (Fsp3) is 0.344. The third kappa shape index (κ3) is 5.42. The van der Waals surface area contributed by atoms with E-state index in [0.717, 1.165) is 27.6 Å². The van der Waals surface area contributed by atoms with Crippen LogP contribution in [0.5, 0.6) is 0 Å². The van der Waals surface area contributed by atoms with E-state index < -0.39 is 22.2 Å². The van der Waals surface area contributed by atoms with E-state index >= 15 is 0 Å². The second-order valence-corrected chi connectivity index (χ2v) is 12.9. The van der Waals surface area contributed by atoms with Crippen LogP contribution in [0.25, 0.3) is 22.0 Å². The molecule has 2 heterocycles. The number of benzene rings is 3. The van der Waals surface area contributed by atoms with Crippen LogP contribution in [0.2, 0.25) is 0 Å². The van der Waals surface area contributed by atoms with E-state index in [1.165, 1.54) is 4.31 Å². The van der Waals surface area contributed by atoms with Gasteiger partial charge in [0.1, 0.15) is 5.69 Å². The first-order chi connectivity index (χ1) is 19.6. The van der Waals surface area contributed by atoms with Gasteiger partial charge in [0.2, 0.25) is 10.0 Å². The van der Waals surface area contributed by atoms with Gasteiger partial charge >= 0.3 is 0 Å². The van der Waals surface area contributed by atoms with Gasteiger partial charge in [-0.2, -0.15) is 4.31 Å². The molecule has 0 saturated carbocycles. The number of sulfonamides is 1. The molecule has 0 radical (unpaired) electrons. The highest BCUT2D eigenvalue weighted by Crippen LogP contribution is 2.38. The molecule has 9 heteroatoms. The second-order valence-electron chi connectivity index (χ2n) is 10.9. The largest absolute Gasteiger partial charge is 0.394 e. The maximum absolute atomic E-state index is 14.4. The van der Waals surface area contributed by atoms with Gasteiger partial charge in [-0.3, -0.25) is 4.79 Å². The molecule has 216 valence electrons. The number of amides is 1. The number of para-hydroxylation sites is 1. The number of aromatic nitrogens is 1. The summed E-state index contributed by atoms with van der Waals surface area (Å²) in [5, 5.41) is 11.1. The van der Waals surface area contributed by atoms with Crippen molar-refractivity contribution in [1.29, 1.82) is 0 Å². The number of fused-ring (bicyclic) bond motifs is 5.